The Hall–Kier alpha value is -3.28. The largest absolute Gasteiger partial charge is 0.477 e. The number of hydrogen-bond donors (Lipinski definition) is 0. The maximum Gasteiger partial charge on any atom is 0.261 e. The smallest absolute Gasteiger partial charge is 0.261 e. The molecule has 6 heteroatoms. The summed E-state index contributed by atoms with van der Waals surface area (Å²) in [6.45, 7) is 4.34. The van der Waals surface area contributed by atoms with Crippen LogP contribution in [-0.4, -0.2) is 21.7 Å². The van der Waals surface area contributed by atoms with Gasteiger partial charge in [0, 0.05) is 5.39 Å². The van der Waals surface area contributed by atoms with Gasteiger partial charge in [-0.2, -0.15) is 4.98 Å². The lowest BCUT2D eigenvalue weighted by atomic mass is 10.1. The summed E-state index contributed by atoms with van der Waals surface area (Å²) in [7, 11) is 0. The summed E-state index contributed by atoms with van der Waals surface area (Å²) in [5.41, 5.74) is 2.81. The SMILES string of the molecule is CCOc1nc2cc(C)ccc2cc1-c1noc(-c2ccccc2F)n1. The highest BCUT2D eigenvalue weighted by Crippen LogP contribution is 2.32. The molecule has 0 unspecified atom stereocenters. The molecule has 0 saturated heterocycles. The normalized spacial score (nSPS) is 11.0. The number of benzene rings is 2. The van der Waals surface area contributed by atoms with Gasteiger partial charge in [0.1, 0.15) is 5.82 Å². The molecule has 4 rings (SSSR count). The molecule has 0 spiro atoms. The second kappa shape index (κ2) is 6.55. The fraction of sp³-hybridized carbons (Fsp3) is 0.150. The van der Waals surface area contributed by atoms with Crippen LogP contribution in [0.4, 0.5) is 4.39 Å². The topological polar surface area (TPSA) is 61.0 Å². The Bertz CT molecular complexity index is 1090. The molecule has 0 saturated carbocycles. The van der Waals surface area contributed by atoms with Crippen LogP contribution < -0.4 is 4.74 Å². The fourth-order valence-electron chi connectivity index (χ4n) is 2.74. The second-order valence-electron chi connectivity index (χ2n) is 5.87. The van der Waals surface area contributed by atoms with E-state index >= 15 is 0 Å². The fourth-order valence-corrected chi connectivity index (χ4v) is 2.74. The molecule has 4 aromatic rings. The number of halogens is 1. The average molecular weight is 349 g/mol. The van der Waals surface area contributed by atoms with Crippen molar-refractivity contribution in [3.63, 3.8) is 0 Å². The number of fused-ring (bicyclic) bond motifs is 1. The van der Waals surface area contributed by atoms with Crippen LogP contribution in [0.5, 0.6) is 5.88 Å². The summed E-state index contributed by atoms with van der Waals surface area (Å²) in [4.78, 5) is 8.92. The molecule has 0 aliphatic rings. The van der Waals surface area contributed by atoms with Crippen molar-refractivity contribution in [2.45, 2.75) is 13.8 Å². The first-order valence-electron chi connectivity index (χ1n) is 8.29. The predicted molar refractivity (Wildman–Crippen MR) is 96.3 cm³/mol. The van der Waals surface area contributed by atoms with E-state index < -0.39 is 5.82 Å². The molecule has 0 fully saturated rings. The van der Waals surface area contributed by atoms with E-state index in [1.165, 1.54) is 6.07 Å². The van der Waals surface area contributed by atoms with Gasteiger partial charge in [-0.25, -0.2) is 9.37 Å². The predicted octanol–water partition coefficient (Wildman–Crippen LogP) is 4.80. The van der Waals surface area contributed by atoms with Gasteiger partial charge in [0.25, 0.3) is 5.89 Å². The first kappa shape index (κ1) is 16.2. The van der Waals surface area contributed by atoms with Gasteiger partial charge in [0.2, 0.25) is 11.7 Å². The van der Waals surface area contributed by atoms with Gasteiger partial charge >= 0.3 is 0 Å². The molecule has 0 N–H and O–H groups in total. The first-order chi connectivity index (χ1) is 12.7. The lowest BCUT2D eigenvalue weighted by Gasteiger charge is -2.08. The number of nitrogens with zero attached hydrogens (tertiary/aromatic N) is 3. The number of pyridine rings is 1. The molecule has 26 heavy (non-hydrogen) atoms. The zero-order valence-electron chi connectivity index (χ0n) is 14.4. The van der Waals surface area contributed by atoms with Gasteiger partial charge in [-0.1, -0.05) is 29.4 Å². The molecular weight excluding hydrogens is 333 g/mol. The molecule has 0 amide bonds. The average Bonchev–Trinajstić information content (AvgIpc) is 3.11. The zero-order chi connectivity index (χ0) is 18.1. The van der Waals surface area contributed by atoms with Gasteiger partial charge in [-0.15, -0.1) is 0 Å². The number of aryl methyl sites for hydroxylation is 1. The van der Waals surface area contributed by atoms with Crippen LogP contribution in [0.3, 0.4) is 0 Å². The van der Waals surface area contributed by atoms with Crippen LogP contribution in [0.1, 0.15) is 12.5 Å². The third kappa shape index (κ3) is 2.90. The van der Waals surface area contributed by atoms with E-state index in [1.54, 1.807) is 18.2 Å². The van der Waals surface area contributed by atoms with Crippen molar-refractivity contribution < 1.29 is 13.7 Å². The van der Waals surface area contributed by atoms with Crippen molar-refractivity contribution in [2.75, 3.05) is 6.61 Å². The van der Waals surface area contributed by atoms with E-state index in [9.17, 15) is 4.39 Å². The van der Waals surface area contributed by atoms with Gasteiger partial charge < -0.3 is 9.26 Å². The van der Waals surface area contributed by atoms with Crippen molar-refractivity contribution in [1.29, 1.82) is 0 Å². The van der Waals surface area contributed by atoms with Crippen molar-refractivity contribution in [3.8, 4) is 28.7 Å². The van der Waals surface area contributed by atoms with Crippen molar-refractivity contribution in [1.82, 2.24) is 15.1 Å². The summed E-state index contributed by atoms with van der Waals surface area (Å²) in [5.74, 6) is 0.428. The minimum Gasteiger partial charge on any atom is -0.477 e. The highest BCUT2D eigenvalue weighted by atomic mass is 19.1. The Balaban J connectivity index is 1.84. The second-order valence-corrected chi connectivity index (χ2v) is 5.87. The number of aromatic nitrogens is 3. The van der Waals surface area contributed by atoms with Gasteiger partial charge in [-0.3, -0.25) is 0 Å². The van der Waals surface area contributed by atoms with E-state index in [2.05, 4.69) is 15.1 Å². The maximum absolute atomic E-state index is 14.0. The number of ether oxygens (including phenoxy) is 1. The third-order valence-electron chi connectivity index (χ3n) is 3.99. The zero-order valence-corrected chi connectivity index (χ0v) is 14.4. The summed E-state index contributed by atoms with van der Waals surface area (Å²) in [5, 5.41) is 4.93. The van der Waals surface area contributed by atoms with Crippen molar-refractivity contribution in [3.05, 3.63) is 59.9 Å². The highest BCUT2D eigenvalue weighted by Gasteiger charge is 2.18. The molecule has 0 bridgehead atoms. The molecule has 0 radical (unpaired) electrons. The Morgan fingerprint density at radius 1 is 1.04 bits per heavy atom. The molecule has 2 aromatic carbocycles. The number of hydrogen-bond acceptors (Lipinski definition) is 5. The highest BCUT2D eigenvalue weighted by molar-refractivity contribution is 5.85. The molecule has 2 heterocycles. The van der Waals surface area contributed by atoms with Gasteiger partial charge in [0.05, 0.1) is 23.3 Å². The summed E-state index contributed by atoms with van der Waals surface area (Å²) < 4.78 is 24.9. The van der Waals surface area contributed by atoms with E-state index in [0.29, 0.717) is 23.9 Å². The van der Waals surface area contributed by atoms with Gasteiger partial charge in [0.15, 0.2) is 0 Å². The lowest BCUT2D eigenvalue weighted by Crippen LogP contribution is -1.98. The minimum atomic E-state index is -0.417. The van der Waals surface area contributed by atoms with Crippen molar-refractivity contribution >= 4 is 10.9 Å². The first-order valence-corrected chi connectivity index (χ1v) is 8.29. The van der Waals surface area contributed by atoms with E-state index in [0.717, 1.165) is 16.5 Å². The van der Waals surface area contributed by atoms with Crippen LogP contribution in [0.25, 0.3) is 33.7 Å². The van der Waals surface area contributed by atoms with E-state index in [1.807, 2.05) is 38.1 Å². The molecule has 2 aromatic heterocycles. The quantitative estimate of drug-likeness (QED) is 0.530. The van der Waals surface area contributed by atoms with Crippen LogP contribution in [0.15, 0.2) is 53.1 Å². The van der Waals surface area contributed by atoms with Crippen LogP contribution in [0.2, 0.25) is 0 Å². The molecule has 5 nitrogen and oxygen atoms in total. The molecule has 0 atom stereocenters. The van der Waals surface area contributed by atoms with E-state index in [-0.39, 0.29) is 11.5 Å². The van der Waals surface area contributed by atoms with Crippen molar-refractivity contribution in [2.24, 2.45) is 0 Å². The van der Waals surface area contributed by atoms with Crippen LogP contribution >= 0.6 is 0 Å². The molecule has 0 aliphatic heterocycles. The third-order valence-corrected chi connectivity index (χ3v) is 3.99. The standard InChI is InChI=1S/C20H16FN3O2/c1-3-25-19-15(11-13-9-8-12(2)10-17(13)22-19)18-23-20(26-24-18)14-6-4-5-7-16(14)21/h4-11H,3H2,1-2H3. The van der Waals surface area contributed by atoms with Gasteiger partial charge in [-0.05, 0) is 43.7 Å². The Morgan fingerprint density at radius 3 is 2.69 bits per heavy atom. The number of rotatable bonds is 4. The van der Waals surface area contributed by atoms with Crippen LogP contribution in [-0.2, 0) is 0 Å². The molecular formula is C20H16FN3O2. The molecule has 130 valence electrons. The maximum atomic E-state index is 14.0. The Kier molecular flexibility index (Phi) is 4.08. The summed E-state index contributed by atoms with van der Waals surface area (Å²) >= 11 is 0. The summed E-state index contributed by atoms with van der Waals surface area (Å²) in [6.07, 6.45) is 0. The Morgan fingerprint density at radius 2 is 1.88 bits per heavy atom. The monoisotopic (exact) mass is 349 g/mol. The van der Waals surface area contributed by atoms with E-state index in [4.69, 9.17) is 9.26 Å². The molecule has 0 aliphatic carbocycles. The minimum absolute atomic E-state index is 0.115. The lowest BCUT2D eigenvalue weighted by molar-refractivity contribution is 0.329. The van der Waals surface area contributed by atoms with Crippen LogP contribution in [0, 0.1) is 12.7 Å². The Labute approximate surface area is 149 Å². The summed E-state index contributed by atoms with van der Waals surface area (Å²) in [6, 6.07) is 14.2.